The van der Waals surface area contributed by atoms with Crippen LogP contribution in [-0.4, -0.2) is 34.8 Å². The SMILES string of the molecule is O=C(c1ccc(Sc2ccc(C(F)(F)F)cc2)cc1)C1CCN(C(=O)c2cccc(O)c2)CC1. The number of halogens is 3. The normalized spacial score (nSPS) is 14.7. The molecule has 4 nitrogen and oxygen atoms in total. The third-order valence-electron chi connectivity index (χ3n) is 5.80. The Bertz CT molecular complexity index is 1170. The van der Waals surface area contributed by atoms with Gasteiger partial charge >= 0.3 is 6.18 Å². The van der Waals surface area contributed by atoms with Crippen molar-refractivity contribution in [2.75, 3.05) is 13.1 Å². The fourth-order valence-corrected chi connectivity index (χ4v) is 4.75. The highest BCUT2D eigenvalue weighted by atomic mass is 32.2. The van der Waals surface area contributed by atoms with E-state index in [0.29, 0.717) is 42.0 Å². The Labute approximate surface area is 199 Å². The van der Waals surface area contributed by atoms with E-state index in [9.17, 15) is 27.9 Å². The molecule has 0 spiro atoms. The maximum atomic E-state index is 12.9. The summed E-state index contributed by atoms with van der Waals surface area (Å²) < 4.78 is 38.1. The van der Waals surface area contributed by atoms with Crippen LogP contribution < -0.4 is 0 Å². The minimum absolute atomic E-state index is 0.0236. The molecule has 0 aliphatic carbocycles. The summed E-state index contributed by atoms with van der Waals surface area (Å²) in [6.07, 6.45) is -3.24. The van der Waals surface area contributed by atoms with Crippen molar-refractivity contribution in [3.63, 3.8) is 0 Å². The zero-order valence-electron chi connectivity index (χ0n) is 18.1. The number of phenols is 1. The molecule has 1 saturated heterocycles. The van der Waals surface area contributed by atoms with Crippen molar-refractivity contribution in [2.45, 2.75) is 28.8 Å². The minimum atomic E-state index is -4.36. The van der Waals surface area contributed by atoms with Crippen molar-refractivity contribution in [3.8, 4) is 5.75 Å². The first-order valence-corrected chi connectivity index (χ1v) is 11.6. The van der Waals surface area contributed by atoms with Crippen LogP contribution in [0.5, 0.6) is 5.75 Å². The number of rotatable bonds is 5. The highest BCUT2D eigenvalue weighted by Crippen LogP contribution is 2.33. The molecule has 3 aromatic carbocycles. The van der Waals surface area contributed by atoms with Gasteiger partial charge in [-0.2, -0.15) is 13.2 Å². The van der Waals surface area contributed by atoms with Crippen LogP contribution in [0.25, 0.3) is 0 Å². The Hall–Kier alpha value is -3.26. The van der Waals surface area contributed by atoms with Gasteiger partial charge in [0.15, 0.2) is 5.78 Å². The molecule has 176 valence electrons. The lowest BCUT2D eigenvalue weighted by molar-refractivity contribution is -0.137. The van der Waals surface area contributed by atoms with Crippen LogP contribution in [0.3, 0.4) is 0 Å². The Morgan fingerprint density at radius 2 is 1.44 bits per heavy atom. The standard InChI is InChI=1S/C26H22F3NO3S/c27-26(28,29)20-6-10-23(11-7-20)34-22-8-4-17(5-9-22)24(32)18-12-14-30(15-13-18)25(33)19-2-1-3-21(31)16-19/h1-11,16,18,31H,12-15H2. The van der Waals surface area contributed by atoms with Gasteiger partial charge in [0.1, 0.15) is 5.75 Å². The lowest BCUT2D eigenvalue weighted by Gasteiger charge is -2.31. The van der Waals surface area contributed by atoms with E-state index in [1.54, 1.807) is 41.3 Å². The number of hydrogen-bond donors (Lipinski definition) is 1. The fraction of sp³-hybridized carbons (Fsp3) is 0.231. The molecule has 0 atom stereocenters. The van der Waals surface area contributed by atoms with Gasteiger partial charge < -0.3 is 10.0 Å². The Balaban J connectivity index is 1.33. The number of aromatic hydroxyl groups is 1. The molecule has 1 amide bonds. The second-order valence-electron chi connectivity index (χ2n) is 8.13. The number of phenolic OH excluding ortho intramolecular Hbond substituents is 1. The average molecular weight is 486 g/mol. The Kier molecular flexibility index (Phi) is 6.97. The van der Waals surface area contributed by atoms with E-state index in [0.717, 1.165) is 17.0 Å². The van der Waals surface area contributed by atoms with E-state index in [2.05, 4.69) is 0 Å². The molecule has 3 aromatic rings. The molecule has 1 N–H and O–H groups in total. The molecule has 0 radical (unpaired) electrons. The van der Waals surface area contributed by atoms with Crippen LogP contribution in [0.1, 0.15) is 39.1 Å². The average Bonchev–Trinajstić information content (AvgIpc) is 2.83. The second kappa shape index (κ2) is 9.93. The smallest absolute Gasteiger partial charge is 0.416 e. The van der Waals surface area contributed by atoms with E-state index < -0.39 is 11.7 Å². The summed E-state index contributed by atoms with van der Waals surface area (Å²) in [5, 5.41) is 9.59. The Morgan fingerprint density at radius 3 is 2.00 bits per heavy atom. The van der Waals surface area contributed by atoms with Gasteiger partial charge in [0, 0.05) is 39.9 Å². The number of alkyl halides is 3. The molecule has 1 aliphatic rings. The molecule has 0 saturated carbocycles. The third-order valence-corrected chi connectivity index (χ3v) is 6.82. The quantitative estimate of drug-likeness (QED) is 0.431. The summed E-state index contributed by atoms with van der Waals surface area (Å²) in [6.45, 7) is 0.930. The number of likely N-dealkylation sites (tertiary alicyclic amines) is 1. The van der Waals surface area contributed by atoms with Crippen molar-refractivity contribution in [1.82, 2.24) is 4.90 Å². The van der Waals surface area contributed by atoms with Crippen LogP contribution in [0, 0.1) is 5.92 Å². The summed E-state index contributed by atoms with van der Waals surface area (Å²) in [5.41, 5.74) is 0.313. The monoisotopic (exact) mass is 485 g/mol. The zero-order chi connectivity index (χ0) is 24.3. The van der Waals surface area contributed by atoms with Gasteiger partial charge in [-0.05, 0) is 67.4 Å². The largest absolute Gasteiger partial charge is 0.508 e. The van der Waals surface area contributed by atoms with Crippen molar-refractivity contribution < 1.29 is 27.9 Å². The topological polar surface area (TPSA) is 57.6 Å². The maximum Gasteiger partial charge on any atom is 0.416 e. The lowest BCUT2D eigenvalue weighted by atomic mass is 9.88. The summed E-state index contributed by atoms with van der Waals surface area (Å²) in [4.78, 5) is 28.8. The Morgan fingerprint density at radius 1 is 0.853 bits per heavy atom. The van der Waals surface area contributed by atoms with E-state index in [1.807, 2.05) is 0 Å². The number of hydrogen-bond acceptors (Lipinski definition) is 4. The number of amides is 1. The first-order valence-electron chi connectivity index (χ1n) is 10.8. The zero-order valence-corrected chi connectivity index (χ0v) is 18.9. The molecule has 1 heterocycles. The number of carbonyl (C=O) groups is 2. The van der Waals surface area contributed by atoms with Gasteiger partial charge in [-0.15, -0.1) is 0 Å². The number of nitrogens with zero attached hydrogens (tertiary/aromatic N) is 1. The molecule has 34 heavy (non-hydrogen) atoms. The van der Waals surface area contributed by atoms with Crippen LogP contribution in [0.15, 0.2) is 82.6 Å². The second-order valence-corrected chi connectivity index (χ2v) is 9.28. The molecule has 0 unspecified atom stereocenters. The van der Waals surface area contributed by atoms with E-state index in [1.165, 1.54) is 36.0 Å². The molecular weight excluding hydrogens is 463 g/mol. The fourth-order valence-electron chi connectivity index (χ4n) is 3.94. The molecule has 1 aliphatic heterocycles. The van der Waals surface area contributed by atoms with Gasteiger partial charge in [0.25, 0.3) is 5.91 Å². The van der Waals surface area contributed by atoms with E-state index in [-0.39, 0.29) is 23.4 Å². The number of carbonyl (C=O) groups excluding carboxylic acids is 2. The lowest BCUT2D eigenvalue weighted by Crippen LogP contribution is -2.40. The van der Waals surface area contributed by atoms with Crippen molar-refractivity contribution >= 4 is 23.5 Å². The summed E-state index contributed by atoms with van der Waals surface area (Å²) in [6, 6.07) is 18.2. The van der Waals surface area contributed by atoms with Crippen LogP contribution in [-0.2, 0) is 6.18 Å². The van der Waals surface area contributed by atoms with Crippen LogP contribution in [0.2, 0.25) is 0 Å². The van der Waals surface area contributed by atoms with Crippen LogP contribution >= 0.6 is 11.8 Å². The predicted octanol–water partition coefficient (Wildman–Crippen LogP) is 6.30. The third kappa shape index (κ3) is 5.62. The number of benzene rings is 3. The van der Waals surface area contributed by atoms with E-state index in [4.69, 9.17) is 0 Å². The van der Waals surface area contributed by atoms with Gasteiger partial charge in [0.2, 0.25) is 0 Å². The maximum absolute atomic E-state index is 12.9. The summed E-state index contributed by atoms with van der Waals surface area (Å²) >= 11 is 1.32. The molecular formula is C26H22F3NO3S. The van der Waals surface area contributed by atoms with Gasteiger partial charge in [0.05, 0.1) is 5.56 Å². The van der Waals surface area contributed by atoms with Gasteiger partial charge in [-0.1, -0.05) is 30.0 Å². The van der Waals surface area contributed by atoms with Crippen molar-refractivity contribution in [2.24, 2.45) is 5.92 Å². The molecule has 4 rings (SSSR count). The molecule has 0 bridgehead atoms. The molecule has 0 aromatic heterocycles. The van der Waals surface area contributed by atoms with Gasteiger partial charge in [-0.3, -0.25) is 9.59 Å². The summed E-state index contributed by atoms with van der Waals surface area (Å²) in [5.74, 6) is -0.278. The first-order chi connectivity index (χ1) is 16.2. The number of piperidine rings is 1. The highest BCUT2D eigenvalue weighted by molar-refractivity contribution is 7.99. The van der Waals surface area contributed by atoms with Gasteiger partial charge in [-0.25, -0.2) is 0 Å². The minimum Gasteiger partial charge on any atom is -0.508 e. The molecule has 1 fully saturated rings. The van der Waals surface area contributed by atoms with Crippen molar-refractivity contribution in [3.05, 3.63) is 89.5 Å². The number of Topliss-reactive ketones (excluding diaryl/α,β-unsaturated/α-hetero) is 1. The predicted molar refractivity (Wildman–Crippen MR) is 123 cm³/mol. The highest BCUT2D eigenvalue weighted by Gasteiger charge is 2.30. The number of ketones is 1. The summed E-state index contributed by atoms with van der Waals surface area (Å²) in [7, 11) is 0. The van der Waals surface area contributed by atoms with E-state index >= 15 is 0 Å². The molecule has 8 heteroatoms. The van der Waals surface area contributed by atoms with Crippen molar-refractivity contribution in [1.29, 1.82) is 0 Å². The van der Waals surface area contributed by atoms with Crippen LogP contribution in [0.4, 0.5) is 13.2 Å². The first kappa shape index (κ1) is 23.9.